The first-order valence-corrected chi connectivity index (χ1v) is 6.78. The molecule has 0 saturated heterocycles. The summed E-state index contributed by atoms with van der Waals surface area (Å²) in [4.78, 5) is 13.8. The maximum absolute atomic E-state index is 12.4. The second kappa shape index (κ2) is 7.04. The van der Waals surface area contributed by atoms with Crippen LogP contribution in [0.5, 0.6) is 5.75 Å². The van der Waals surface area contributed by atoms with E-state index in [1.165, 1.54) is 23.1 Å². The van der Waals surface area contributed by atoms with Crippen LogP contribution in [-0.4, -0.2) is 41.2 Å². The first kappa shape index (κ1) is 17.7. The maximum Gasteiger partial charge on any atom is 0.387 e. The molecule has 0 aliphatic carbocycles. The van der Waals surface area contributed by atoms with Gasteiger partial charge in [-0.1, -0.05) is 11.6 Å². The third kappa shape index (κ3) is 5.47. The fraction of sp³-hybridized carbons (Fsp3) is 0.500. The van der Waals surface area contributed by atoms with E-state index in [2.05, 4.69) is 4.74 Å². The van der Waals surface area contributed by atoms with Gasteiger partial charge < -0.3 is 14.7 Å². The van der Waals surface area contributed by atoms with E-state index >= 15 is 0 Å². The molecule has 1 amide bonds. The van der Waals surface area contributed by atoms with Crippen molar-refractivity contribution in [3.63, 3.8) is 0 Å². The fourth-order valence-corrected chi connectivity index (χ4v) is 2.00. The van der Waals surface area contributed by atoms with Crippen LogP contribution in [0, 0.1) is 0 Å². The van der Waals surface area contributed by atoms with E-state index in [0.717, 1.165) is 0 Å². The van der Waals surface area contributed by atoms with E-state index in [9.17, 15) is 18.7 Å². The van der Waals surface area contributed by atoms with Gasteiger partial charge in [0.05, 0.1) is 11.2 Å². The Labute approximate surface area is 127 Å². The van der Waals surface area contributed by atoms with Crippen molar-refractivity contribution in [1.82, 2.24) is 4.90 Å². The van der Waals surface area contributed by atoms with Crippen LogP contribution in [0.3, 0.4) is 0 Å². The summed E-state index contributed by atoms with van der Waals surface area (Å²) in [5.74, 6) is -0.772. The predicted molar refractivity (Wildman–Crippen MR) is 76.0 cm³/mol. The summed E-state index contributed by atoms with van der Waals surface area (Å²) in [6.07, 6.45) is 0. The molecule has 21 heavy (non-hydrogen) atoms. The second-order valence-electron chi connectivity index (χ2n) is 5.15. The van der Waals surface area contributed by atoms with Gasteiger partial charge in [0, 0.05) is 18.1 Å². The van der Waals surface area contributed by atoms with Crippen molar-refractivity contribution < 1.29 is 23.4 Å². The molecule has 0 fully saturated rings. The molecule has 0 heterocycles. The van der Waals surface area contributed by atoms with Crippen LogP contribution in [0.2, 0.25) is 5.02 Å². The summed E-state index contributed by atoms with van der Waals surface area (Å²) in [5, 5.41) is 10.0. The van der Waals surface area contributed by atoms with Gasteiger partial charge >= 0.3 is 6.61 Å². The van der Waals surface area contributed by atoms with Crippen LogP contribution in [0.25, 0.3) is 0 Å². The van der Waals surface area contributed by atoms with Crippen LogP contribution in [0.4, 0.5) is 8.78 Å². The molecular weight excluding hydrogens is 304 g/mol. The summed E-state index contributed by atoms with van der Waals surface area (Å²) in [6.45, 7) is 2.16. The summed E-state index contributed by atoms with van der Waals surface area (Å²) < 4.78 is 29.1. The summed E-state index contributed by atoms with van der Waals surface area (Å²) in [5.41, 5.74) is -1.16. The van der Waals surface area contributed by atoms with Crippen molar-refractivity contribution in [3.05, 3.63) is 28.8 Å². The molecule has 1 aromatic rings. The number of rotatable bonds is 6. The number of amides is 1. The Morgan fingerprint density at radius 3 is 2.57 bits per heavy atom. The number of alkyl halides is 2. The Balaban J connectivity index is 3.11. The van der Waals surface area contributed by atoms with Gasteiger partial charge in [0.25, 0.3) is 5.91 Å². The maximum atomic E-state index is 12.4. The summed E-state index contributed by atoms with van der Waals surface area (Å²) in [6, 6.07) is 3.86. The van der Waals surface area contributed by atoms with Crippen LogP contribution >= 0.6 is 11.6 Å². The number of hydrogen-bond donors (Lipinski definition) is 1. The van der Waals surface area contributed by atoms with Gasteiger partial charge in [0.1, 0.15) is 5.75 Å². The number of aliphatic hydroxyl groups is 1. The van der Waals surface area contributed by atoms with Gasteiger partial charge in [-0.15, -0.1) is 0 Å². The third-order valence-corrected chi connectivity index (χ3v) is 2.87. The number of benzene rings is 1. The quantitative estimate of drug-likeness (QED) is 0.875. The molecule has 0 aliphatic rings. The normalized spacial score (nSPS) is 11.6. The lowest BCUT2D eigenvalue weighted by Gasteiger charge is -2.28. The van der Waals surface area contributed by atoms with Gasteiger partial charge in [-0.05, 0) is 39.0 Å². The smallest absolute Gasteiger partial charge is 0.387 e. The fourth-order valence-electron chi connectivity index (χ4n) is 1.83. The van der Waals surface area contributed by atoms with Crippen LogP contribution in [0.15, 0.2) is 18.2 Å². The first-order chi connectivity index (χ1) is 9.64. The molecule has 0 radical (unpaired) electrons. The summed E-state index contributed by atoms with van der Waals surface area (Å²) in [7, 11) is 0. The van der Waals surface area contributed by atoms with E-state index in [1.807, 2.05) is 0 Å². The zero-order valence-corrected chi connectivity index (χ0v) is 12.8. The molecule has 0 atom stereocenters. The highest BCUT2D eigenvalue weighted by atomic mass is 35.5. The molecule has 1 aromatic carbocycles. The van der Waals surface area contributed by atoms with Gasteiger partial charge in [0.15, 0.2) is 0 Å². The molecule has 0 unspecified atom stereocenters. The summed E-state index contributed by atoms with van der Waals surface area (Å²) >= 11 is 5.82. The highest BCUT2D eigenvalue weighted by Gasteiger charge is 2.25. The van der Waals surface area contributed by atoms with Crippen molar-refractivity contribution in [2.24, 2.45) is 0 Å². The zero-order valence-electron chi connectivity index (χ0n) is 12.1. The Bertz CT molecular complexity index is 503. The standard InChI is InChI=1S/C14H18ClF2NO3/c1-4-18(8-14(2,3)20)12(19)10-7-9(15)5-6-11(10)21-13(16)17/h5-7,13,20H,4,8H2,1-3H3. The third-order valence-electron chi connectivity index (χ3n) is 2.63. The molecule has 1 rings (SSSR count). The average molecular weight is 322 g/mol. The van der Waals surface area contributed by atoms with Crippen LogP contribution in [-0.2, 0) is 0 Å². The minimum Gasteiger partial charge on any atom is -0.434 e. The van der Waals surface area contributed by atoms with E-state index in [1.54, 1.807) is 20.8 Å². The van der Waals surface area contributed by atoms with E-state index in [4.69, 9.17) is 11.6 Å². The van der Waals surface area contributed by atoms with Gasteiger partial charge in [-0.3, -0.25) is 4.79 Å². The van der Waals surface area contributed by atoms with E-state index in [0.29, 0.717) is 6.54 Å². The van der Waals surface area contributed by atoms with Crippen molar-refractivity contribution in [1.29, 1.82) is 0 Å². The van der Waals surface area contributed by atoms with Crippen LogP contribution in [0.1, 0.15) is 31.1 Å². The topological polar surface area (TPSA) is 49.8 Å². The first-order valence-electron chi connectivity index (χ1n) is 6.40. The SMILES string of the molecule is CCN(CC(C)(C)O)C(=O)c1cc(Cl)ccc1OC(F)F. The number of halogens is 3. The van der Waals surface area contributed by atoms with Gasteiger partial charge in [0.2, 0.25) is 0 Å². The molecule has 0 bridgehead atoms. The van der Waals surface area contributed by atoms with Gasteiger partial charge in [-0.25, -0.2) is 0 Å². The molecule has 0 saturated carbocycles. The molecular formula is C14H18ClF2NO3. The largest absolute Gasteiger partial charge is 0.434 e. The monoisotopic (exact) mass is 321 g/mol. The van der Waals surface area contributed by atoms with Crippen molar-refractivity contribution in [2.45, 2.75) is 33.0 Å². The van der Waals surface area contributed by atoms with Crippen molar-refractivity contribution >= 4 is 17.5 Å². The number of ether oxygens (including phenoxy) is 1. The molecule has 0 aliphatic heterocycles. The Morgan fingerprint density at radius 2 is 2.10 bits per heavy atom. The minimum atomic E-state index is -3.04. The van der Waals surface area contributed by atoms with Crippen molar-refractivity contribution in [3.8, 4) is 5.75 Å². The number of nitrogens with zero attached hydrogens (tertiary/aromatic N) is 1. The number of carbonyl (C=O) groups excluding carboxylic acids is 1. The average Bonchev–Trinajstić information content (AvgIpc) is 2.35. The second-order valence-corrected chi connectivity index (χ2v) is 5.59. The minimum absolute atomic E-state index is 0.0585. The predicted octanol–water partition coefficient (Wildman–Crippen LogP) is 3.17. The Kier molecular flexibility index (Phi) is 5.92. The lowest BCUT2D eigenvalue weighted by molar-refractivity contribution is -0.0504. The Hall–Kier alpha value is -1.40. The Morgan fingerprint density at radius 1 is 1.48 bits per heavy atom. The molecule has 4 nitrogen and oxygen atoms in total. The lowest BCUT2D eigenvalue weighted by atomic mass is 10.1. The molecule has 0 aromatic heterocycles. The highest BCUT2D eigenvalue weighted by Crippen LogP contribution is 2.26. The number of carbonyl (C=O) groups is 1. The van der Waals surface area contributed by atoms with Crippen LogP contribution < -0.4 is 4.74 Å². The number of hydrogen-bond acceptors (Lipinski definition) is 3. The molecule has 118 valence electrons. The molecule has 0 spiro atoms. The number of likely N-dealkylation sites (N-methyl/N-ethyl adjacent to an activating group) is 1. The lowest BCUT2D eigenvalue weighted by Crippen LogP contribution is -2.42. The van der Waals surface area contributed by atoms with E-state index in [-0.39, 0.29) is 22.9 Å². The van der Waals surface area contributed by atoms with E-state index < -0.39 is 18.1 Å². The highest BCUT2D eigenvalue weighted by molar-refractivity contribution is 6.31. The van der Waals surface area contributed by atoms with Gasteiger partial charge in [-0.2, -0.15) is 8.78 Å². The molecule has 1 N–H and O–H groups in total. The zero-order chi connectivity index (χ0) is 16.2. The molecule has 7 heteroatoms. The van der Waals surface area contributed by atoms with Crippen molar-refractivity contribution in [2.75, 3.05) is 13.1 Å².